The molecule has 0 amide bonds. The summed E-state index contributed by atoms with van der Waals surface area (Å²) in [5, 5.41) is 0. The fourth-order valence-corrected chi connectivity index (χ4v) is 1.58. The Labute approximate surface area is 87.5 Å². The molecular formula is C9H17F3N2O. The summed E-state index contributed by atoms with van der Waals surface area (Å²) in [4.78, 5) is 6.55. The number of rotatable bonds is 4. The lowest BCUT2D eigenvalue weighted by atomic mass is 9.98. The van der Waals surface area contributed by atoms with Crippen molar-refractivity contribution in [2.75, 3.05) is 33.3 Å². The first-order valence-corrected chi connectivity index (χ1v) is 5.07. The van der Waals surface area contributed by atoms with E-state index in [1.165, 1.54) is 0 Å². The van der Waals surface area contributed by atoms with Crippen molar-refractivity contribution in [1.82, 2.24) is 10.4 Å². The van der Waals surface area contributed by atoms with Crippen LogP contribution < -0.4 is 5.48 Å². The molecule has 0 radical (unpaired) electrons. The molecule has 90 valence electrons. The Morgan fingerprint density at radius 1 is 1.33 bits per heavy atom. The van der Waals surface area contributed by atoms with E-state index in [0.29, 0.717) is 12.5 Å². The third-order valence-corrected chi connectivity index (χ3v) is 2.55. The number of alkyl halides is 3. The summed E-state index contributed by atoms with van der Waals surface area (Å²) < 4.78 is 35.1. The first-order valence-electron chi connectivity index (χ1n) is 5.07. The van der Waals surface area contributed by atoms with Crippen molar-refractivity contribution in [1.29, 1.82) is 0 Å². The summed E-state index contributed by atoms with van der Waals surface area (Å²) in [6.45, 7) is 1.29. The topological polar surface area (TPSA) is 24.5 Å². The van der Waals surface area contributed by atoms with Gasteiger partial charge in [0.15, 0.2) is 6.61 Å². The SMILES string of the molecule is CN1CCC(CNOCC(F)(F)F)CC1. The monoisotopic (exact) mass is 226 g/mol. The van der Waals surface area contributed by atoms with Crippen LogP contribution in [0, 0.1) is 5.92 Å². The lowest BCUT2D eigenvalue weighted by Crippen LogP contribution is -2.36. The zero-order valence-electron chi connectivity index (χ0n) is 8.81. The first-order chi connectivity index (χ1) is 6.97. The highest BCUT2D eigenvalue weighted by Gasteiger charge is 2.27. The van der Waals surface area contributed by atoms with Crippen molar-refractivity contribution in [2.45, 2.75) is 19.0 Å². The number of piperidine rings is 1. The van der Waals surface area contributed by atoms with E-state index in [2.05, 4.69) is 15.2 Å². The van der Waals surface area contributed by atoms with Gasteiger partial charge in [-0.25, -0.2) is 5.48 Å². The van der Waals surface area contributed by atoms with Gasteiger partial charge in [-0.15, -0.1) is 0 Å². The number of hydrogen-bond donors (Lipinski definition) is 1. The molecule has 1 fully saturated rings. The van der Waals surface area contributed by atoms with Crippen molar-refractivity contribution in [3.05, 3.63) is 0 Å². The van der Waals surface area contributed by atoms with Crippen LogP contribution in [0.25, 0.3) is 0 Å². The molecule has 1 N–H and O–H groups in total. The Balaban J connectivity index is 2.01. The Morgan fingerprint density at radius 2 is 1.93 bits per heavy atom. The highest BCUT2D eigenvalue weighted by molar-refractivity contribution is 4.70. The predicted molar refractivity (Wildman–Crippen MR) is 50.2 cm³/mol. The largest absolute Gasteiger partial charge is 0.413 e. The maximum absolute atomic E-state index is 11.7. The number of hydrogen-bond acceptors (Lipinski definition) is 3. The zero-order valence-corrected chi connectivity index (χ0v) is 8.81. The van der Waals surface area contributed by atoms with Gasteiger partial charge >= 0.3 is 6.18 Å². The second-order valence-corrected chi connectivity index (χ2v) is 4.00. The Bertz CT molecular complexity index is 179. The second-order valence-electron chi connectivity index (χ2n) is 4.00. The minimum absolute atomic E-state index is 0.425. The van der Waals surface area contributed by atoms with E-state index in [4.69, 9.17) is 0 Å². The van der Waals surface area contributed by atoms with Gasteiger partial charge < -0.3 is 4.90 Å². The number of nitrogens with one attached hydrogen (secondary N) is 1. The van der Waals surface area contributed by atoms with Gasteiger partial charge in [0, 0.05) is 6.54 Å². The summed E-state index contributed by atoms with van der Waals surface area (Å²) in [7, 11) is 2.05. The van der Waals surface area contributed by atoms with Crippen molar-refractivity contribution in [2.24, 2.45) is 5.92 Å². The molecular weight excluding hydrogens is 209 g/mol. The summed E-state index contributed by atoms with van der Waals surface area (Å²) in [6.07, 6.45) is -2.22. The molecule has 1 rings (SSSR count). The van der Waals surface area contributed by atoms with Crippen molar-refractivity contribution >= 4 is 0 Å². The summed E-state index contributed by atoms with van der Waals surface area (Å²) in [6, 6.07) is 0. The quantitative estimate of drug-likeness (QED) is 0.579. The fourth-order valence-electron chi connectivity index (χ4n) is 1.58. The molecule has 0 aromatic carbocycles. The molecule has 3 nitrogen and oxygen atoms in total. The van der Waals surface area contributed by atoms with Crippen LogP contribution in [0.5, 0.6) is 0 Å². The molecule has 0 unspecified atom stereocenters. The smallest absolute Gasteiger partial charge is 0.306 e. The van der Waals surface area contributed by atoms with E-state index in [1.54, 1.807) is 0 Å². The molecule has 6 heteroatoms. The van der Waals surface area contributed by atoms with Crippen LogP contribution in [-0.4, -0.2) is 44.4 Å². The Hall–Kier alpha value is -0.330. The molecule has 1 aliphatic heterocycles. The van der Waals surface area contributed by atoms with Crippen LogP contribution in [0.4, 0.5) is 13.2 Å². The summed E-state index contributed by atoms with van der Waals surface area (Å²) in [5.41, 5.74) is 2.39. The van der Waals surface area contributed by atoms with E-state index in [-0.39, 0.29) is 0 Å². The van der Waals surface area contributed by atoms with Gasteiger partial charge in [-0.3, -0.25) is 4.84 Å². The molecule has 0 aromatic rings. The molecule has 1 saturated heterocycles. The van der Waals surface area contributed by atoms with Crippen LogP contribution >= 0.6 is 0 Å². The van der Waals surface area contributed by atoms with Crippen LogP contribution in [0.3, 0.4) is 0 Å². The normalized spacial score (nSPS) is 20.8. The lowest BCUT2D eigenvalue weighted by molar-refractivity contribution is -0.190. The number of halogens is 3. The third-order valence-electron chi connectivity index (χ3n) is 2.55. The van der Waals surface area contributed by atoms with Gasteiger partial charge in [0.25, 0.3) is 0 Å². The number of nitrogens with zero attached hydrogens (tertiary/aromatic N) is 1. The third kappa shape index (κ3) is 5.96. The van der Waals surface area contributed by atoms with E-state index < -0.39 is 12.8 Å². The maximum atomic E-state index is 11.7. The van der Waals surface area contributed by atoms with Crippen molar-refractivity contribution in [3.8, 4) is 0 Å². The minimum Gasteiger partial charge on any atom is -0.306 e. The Morgan fingerprint density at radius 3 is 2.47 bits per heavy atom. The predicted octanol–water partition coefficient (Wildman–Crippen LogP) is 1.41. The van der Waals surface area contributed by atoms with Crippen LogP contribution in [0.1, 0.15) is 12.8 Å². The van der Waals surface area contributed by atoms with E-state index in [1.807, 2.05) is 7.05 Å². The van der Waals surface area contributed by atoms with Crippen molar-refractivity contribution in [3.63, 3.8) is 0 Å². The van der Waals surface area contributed by atoms with Crippen LogP contribution in [-0.2, 0) is 4.84 Å². The molecule has 1 aliphatic rings. The number of likely N-dealkylation sites (tertiary alicyclic amines) is 1. The molecule has 0 bridgehead atoms. The second kappa shape index (κ2) is 5.67. The van der Waals surface area contributed by atoms with Crippen molar-refractivity contribution < 1.29 is 18.0 Å². The average Bonchev–Trinajstić information content (AvgIpc) is 2.14. The molecule has 0 atom stereocenters. The summed E-state index contributed by atoms with van der Waals surface area (Å²) >= 11 is 0. The maximum Gasteiger partial charge on any atom is 0.413 e. The lowest BCUT2D eigenvalue weighted by Gasteiger charge is -2.28. The van der Waals surface area contributed by atoms with Gasteiger partial charge in [-0.1, -0.05) is 0 Å². The van der Waals surface area contributed by atoms with Gasteiger partial charge in [0.2, 0.25) is 0 Å². The Kier molecular flexibility index (Phi) is 4.82. The van der Waals surface area contributed by atoms with Gasteiger partial charge in [-0.2, -0.15) is 13.2 Å². The average molecular weight is 226 g/mol. The molecule has 0 aliphatic carbocycles. The first kappa shape index (κ1) is 12.7. The standard InChI is InChI=1S/C9H17F3N2O/c1-14-4-2-8(3-5-14)6-13-15-7-9(10,11)12/h8,13H,2-7H2,1H3. The summed E-state index contributed by atoms with van der Waals surface area (Å²) in [5.74, 6) is 0.425. The van der Waals surface area contributed by atoms with Gasteiger partial charge in [0.05, 0.1) is 0 Å². The fraction of sp³-hybridized carbons (Fsp3) is 1.00. The molecule has 15 heavy (non-hydrogen) atoms. The van der Waals surface area contributed by atoms with E-state index in [0.717, 1.165) is 25.9 Å². The van der Waals surface area contributed by atoms with Gasteiger partial charge in [0.1, 0.15) is 0 Å². The molecule has 0 aromatic heterocycles. The van der Waals surface area contributed by atoms with Crippen LogP contribution in [0.15, 0.2) is 0 Å². The number of hydroxylamine groups is 1. The van der Waals surface area contributed by atoms with Crippen LogP contribution in [0.2, 0.25) is 0 Å². The zero-order chi connectivity index (χ0) is 11.3. The molecule has 0 saturated carbocycles. The minimum atomic E-state index is -4.25. The molecule has 1 heterocycles. The molecule has 0 spiro atoms. The van der Waals surface area contributed by atoms with E-state index in [9.17, 15) is 13.2 Å². The van der Waals surface area contributed by atoms with Gasteiger partial charge in [-0.05, 0) is 38.9 Å². The highest BCUT2D eigenvalue weighted by atomic mass is 19.4. The highest BCUT2D eigenvalue weighted by Crippen LogP contribution is 2.16. The van der Waals surface area contributed by atoms with E-state index >= 15 is 0 Å².